The van der Waals surface area contributed by atoms with E-state index >= 15 is 0 Å². The minimum atomic E-state index is -3.57. The molecular formula is C17H25NO5S. The molecule has 1 saturated carbocycles. The first-order valence-corrected chi connectivity index (χ1v) is 9.97. The Bertz CT molecular complexity index is 653. The van der Waals surface area contributed by atoms with Crippen LogP contribution in [0.2, 0.25) is 0 Å². The molecule has 24 heavy (non-hydrogen) atoms. The summed E-state index contributed by atoms with van der Waals surface area (Å²) in [6, 6.07) is 6.83. The van der Waals surface area contributed by atoms with Crippen LogP contribution in [-0.2, 0) is 26.2 Å². The number of methoxy groups -OCH3 is 1. The second kappa shape index (κ2) is 8.48. The highest BCUT2D eigenvalue weighted by molar-refractivity contribution is 7.86. The summed E-state index contributed by atoms with van der Waals surface area (Å²) in [6.45, 7) is 1.40. The molecule has 0 aliphatic heterocycles. The SMILES string of the molecule is COCCN(Cc1cccc(OS(C)(=O)=O)c1)C(=O)C1CCCC1. The summed E-state index contributed by atoms with van der Waals surface area (Å²) in [5, 5.41) is 0. The first-order valence-electron chi connectivity index (χ1n) is 8.15. The van der Waals surface area contributed by atoms with Gasteiger partial charge >= 0.3 is 10.1 Å². The van der Waals surface area contributed by atoms with Gasteiger partial charge in [0.15, 0.2) is 0 Å². The number of hydrogen-bond acceptors (Lipinski definition) is 5. The highest BCUT2D eigenvalue weighted by atomic mass is 32.2. The molecular weight excluding hydrogens is 330 g/mol. The number of carbonyl (C=O) groups excluding carboxylic acids is 1. The minimum Gasteiger partial charge on any atom is -0.383 e. The van der Waals surface area contributed by atoms with Crippen molar-refractivity contribution in [1.29, 1.82) is 0 Å². The predicted octanol–water partition coefficient (Wildman–Crippen LogP) is 2.19. The van der Waals surface area contributed by atoms with Gasteiger partial charge in [0.05, 0.1) is 12.9 Å². The van der Waals surface area contributed by atoms with Crippen LogP contribution < -0.4 is 4.18 Å². The van der Waals surface area contributed by atoms with E-state index in [9.17, 15) is 13.2 Å². The third kappa shape index (κ3) is 5.79. The topological polar surface area (TPSA) is 72.9 Å². The van der Waals surface area contributed by atoms with Crippen LogP contribution >= 0.6 is 0 Å². The monoisotopic (exact) mass is 355 g/mol. The first-order chi connectivity index (χ1) is 11.4. The van der Waals surface area contributed by atoms with E-state index in [0.29, 0.717) is 19.7 Å². The van der Waals surface area contributed by atoms with E-state index in [4.69, 9.17) is 8.92 Å². The molecule has 0 atom stereocenters. The lowest BCUT2D eigenvalue weighted by atomic mass is 10.1. The van der Waals surface area contributed by atoms with Crippen LogP contribution in [0.3, 0.4) is 0 Å². The van der Waals surface area contributed by atoms with Crippen molar-refractivity contribution in [2.24, 2.45) is 5.92 Å². The second-order valence-electron chi connectivity index (χ2n) is 6.17. The lowest BCUT2D eigenvalue weighted by Gasteiger charge is -2.25. The number of nitrogens with zero attached hydrogens (tertiary/aromatic N) is 1. The van der Waals surface area contributed by atoms with Crippen molar-refractivity contribution >= 4 is 16.0 Å². The molecule has 0 radical (unpaired) electrons. The average Bonchev–Trinajstić information content (AvgIpc) is 3.03. The number of ether oxygens (including phenoxy) is 1. The van der Waals surface area contributed by atoms with E-state index in [0.717, 1.165) is 37.5 Å². The lowest BCUT2D eigenvalue weighted by Crippen LogP contribution is -2.37. The maximum Gasteiger partial charge on any atom is 0.306 e. The number of carbonyl (C=O) groups is 1. The molecule has 0 saturated heterocycles. The molecule has 1 aromatic rings. The fourth-order valence-corrected chi connectivity index (χ4v) is 3.44. The lowest BCUT2D eigenvalue weighted by molar-refractivity contribution is -0.136. The van der Waals surface area contributed by atoms with E-state index in [1.165, 1.54) is 0 Å². The largest absolute Gasteiger partial charge is 0.383 e. The van der Waals surface area contributed by atoms with Gasteiger partial charge in [0.2, 0.25) is 5.91 Å². The molecule has 0 bridgehead atoms. The summed E-state index contributed by atoms with van der Waals surface area (Å²) >= 11 is 0. The van der Waals surface area contributed by atoms with Gasteiger partial charge in [-0.3, -0.25) is 4.79 Å². The van der Waals surface area contributed by atoms with Crippen molar-refractivity contribution in [3.63, 3.8) is 0 Å². The highest BCUT2D eigenvalue weighted by Crippen LogP contribution is 2.27. The van der Waals surface area contributed by atoms with E-state index < -0.39 is 10.1 Å². The minimum absolute atomic E-state index is 0.0947. The van der Waals surface area contributed by atoms with Gasteiger partial charge in [0, 0.05) is 26.1 Å². The Morgan fingerprint density at radius 3 is 2.62 bits per heavy atom. The first kappa shape index (κ1) is 18.7. The molecule has 2 rings (SSSR count). The van der Waals surface area contributed by atoms with E-state index in [1.54, 1.807) is 30.2 Å². The third-order valence-electron chi connectivity index (χ3n) is 4.10. The Labute approximate surface area is 143 Å². The van der Waals surface area contributed by atoms with Gasteiger partial charge in [-0.05, 0) is 30.5 Å². The summed E-state index contributed by atoms with van der Waals surface area (Å²) in [6.07, 6.45) is 5.10. The molecule has 0 heterocycles. The van der Waals surface area contributed by atoms with Crippen molar-refractivity contribution in [2.75, 3.05) is 26.5 Å². The van der Waals surface area contributed by atoms with Crippen molar-refractivity contribution in [3.8, 4) is 5.75 Å². The van der Waals surface area contributed by atoms with Gasteiger partial charge in [0.25, 0.3) is 0 Å². The van der Waals surface area contributed by atoms with Crippen LogP contribution in [0.4, 0.5) is 0 Å². The van der Waals surface area contributed by atoms with Gasteiger partial charge in [0.1, 0.15) is 5.75 Å². The van der Waals surface area contributed by atoms with Crippen LogP contribution in [0, 0.1) is 5.92 Å². The van der Waals surface area contributed by atoms with Crippen LogP contribution in [0.25, 0.3) is 0 Å². The molecule has 0 aromatic heterocycles. The number of rotatable bonds is 8. The maximum atomic E-state index is 12.7. The number of hydrogen-bond donors (Lipinski definition) is 0. The number of amides is 1. The van der Waals surface area contributed by atoms with E-state index in [2.05, 4.69) is 0 Å². The smallest absolute Gasteiger partial charge is 0.306 e. The summed E-state index contributed by atoms with van der Waals surface area (Å²) in [7, 11) is -1.96. The highest BCUT2D eigenvalue weighted by Gasteiger charge is 2.27. The predicted molar refractivity (Wildman–Crippen MR) is 91.2 cm³/mol. The molecule has 1 aliphatic carbocycles. The Kier molecular flexibility index (Phi) is 6.62. The summed E-state index contributed by atoms with van der Waals surface area (Å²) in [5.74, 6) is 0.506. The van der Waals surface area contributed by atoms with Crippen LogP contribution in [-0.4, -0.2) is 45.7 Å². The normalized spacial score (nSPS) is 15.4. The van der Waals surface area contributed by atoms with Crippen LogP contribution in [0.15, 0.2) is 24.3 Å². The van der Waals surface area contributed by atoms with Crippen molar-refractivity contribution in [2.45, 2.75) is 32.2 Å². The van der Waals surface area contributed by atoms with Crippen LogP contribution in [0.1, 0.15) is 31.2 Å². The molecule has 0 spiro atoms. The maximum absolute atomic E-state index is 12.7. The van der Waals surface area contributed by atoms with Gasteiger partial charge < -0.3 is 13.8 Å². The third-order valence-corrected chi connectivity index (χ3v) is 4.60. The quantitative estimate of drug-likeness (QED) is 0.669. The Hall–Kier alpha value is -1.60. The number of benzene rings is 1. The fraction of sp³-hybridized carbons (Fsp3) is 0.588. The molecule has 7 heteroatoms. The Morgan fingerprint density at radius 1 is 1.29 bits per heavy atom. The second-order valence-corrected chi connectivity index (χ2v) is 7.74. The van der Waals surface area contributed by atoms with Crippen LogP contribution in [0.5, 0.6) is 5.75 Å². The molecule has 1 amide bonds. The van der Waals surface area contributed by atoms with Gasteiger partial charge in [-0.25, -0.2) is 0 Å². The molecule has 0 N–H and O–H groups in total. The van der Waals surface area contributed by atoms with Gasteiger partial charge in [-0.1, -0.05) is 25.0 Å². The molecule has 1 aliphatic rings. The summed E-state index contributed by atoms with van der Waals surface area (Å²) < 4.78 is 32.5. The Balaban J connectivity index is 2.10. The van der Waals surface area contributed by atoms with Gasteiger partial charge in [-0.15, -0.1) is 0 Å². The molecule has 1 fully saturated rings. The van der Waals surface area contributed by atoms with Crippen molar-refractivity contribution < 1.29 is 22.1 Å². The standard InChI is InChI=1S/C17H25NO5S/c1-22-11-10-18(17(19)15-7-3-4-8-15)13-14-6-5-9-16(12-14)23-24(2,20)21/h5-6,9,12,15H,3-4,7-8,10-11,13H2,1-2H3. The fourth-order valence-electron chi connectivity index (χ4n) is 2.99. The zero-order valence-electron chi connectivity index (χ0n) is 14.2. The van der Waals surface area contributed by atoms with Crippen molar-refractivity contribution in [3.05, 3.63) is 29.8 Å². The van der Waals surface area contributed by atoms with Gasteiger partial charge in [-0.2, -0.15) is 8.42 Å². The summed E-state index contributed by atoms with van der Waals surface area (Å²) in [5.41, 5.74) is 0.832. The molecule has 134 valence electrons. The summed E-state index contributed by atoms with van der Waals surface area (Å²) in [4.78, 5) is 14.5. The van der Waals surface area contributed by atoms with E-state index in [-0.39, 0.29) is 17.6 Å². The van der Waals surface area contributed by atoms with E-state index in [1.807, 2.05) is 6.07 Å². The zero-order chi connectivity index (χ0) is 17.6. The molecule has 6 nitrogen and oxygen atoms in total. The van der Waals surface area contributed by atoms with Crippen molar-refractivity contribution in [1.82, 2.24) is 4.90 Å². The zero-order valence-corrected chi connectivity index (χ0v) is 15.0. The average molecular weight is 355 g/mol. The molecule has 0 unspecified atom stereocenters. The Morgan fingerprint density at radius 2 is 2.00 bits per heavy atom. The molecule has 1 aromatic carbocycles.